The third-order valence-electron chi connectivity index (χ3n) is 10.8. The minimum Gasteiger partial charge on any atom is -0.413 e. The lowest BCUT2D eigenvalue weighted by atomic mass is 9.42. The van der Waals surface area contributed by atoms with E-state index in [2.05, 4.69) is 54.6 Å². The summed E-state index contributed by atoms with van der Waals surface area (Å²) in [6.45, 7) is 18.5. The highest BCUT2D eigenvalue weighted by Crippen LogP contribution is 2.65. The fraction of sp³-hybridized carbons (Fsp3) is 0.964. The molecule has 3 fully saturated rings. The number of hydrogen-bond acceptors (Lipinski definition) is 6. The first kappa shape index (κ1) is 30.0. The van der Waals surface area contributed by atoms with E-state index >= 15 is 0 Å². The molecule has 36 heavy (non-hydrogen) atoms. The molecule has 0 spiro atoms. The van der Waals surface area contributed by atoms with Crippen molar-refractivity contribution in [2.75, 3.05) is 28.1 Å². The quantitative estimate of drug-likeness (QED) is 0.277. The zero-order chi connectivity index (χ0) is 27.3. The molecule has 0 aromatic rings. The highest BCUT2D eigenvalue weighted by atomic mass is 28.4. The van der Waals surface area contributed by atoms with Crippen LogP contribution in [0.2, 0.25) is 18.1 Å². The number of fused-ring (bicyclic) bond motifs is 3. The van der Waals surface area contributed by atoms with Crippen LogP contribution in [0.1, 0.15) is 73.6 Å². The molecular formula is C28H53NO6Si. The highest BCUT2D eigenvalue weighted by molar-refractivity contribution is 6.74. The predicted octanol–water partition coefficient (Wildman–Crippen LogP) is 5.24. The van der Waals surface area contributed by atoms with Gasteiger partial charge in [-0.3, -0.25) is 9.63 Å². The maximum atomic E-state index is 13.5. The second-order valence-electron chi connectivity index (χ2n) is 14.0. The number of carbonyl (C=O) groups is 1. The molecule has 0 saturated heterocycles. The summed E-state index contributed by atoms with van der Waals surface area (Å²) < 4.78 is 18.5. The Morgan fingerprint density at radius 1 is 1.11 bits per heavy atom. The van der Waals surface area contributed by atoms with Gasteiger partial charge in [0, 0.05) is 20.1 Å². The molecule has 0 bridgehead atoms. The molecule has 7 nitrogen and oxygen atoms in total. The van der Waals surface area contributed by atoms with Crippen LogP contribution in [0.4, 0.5) is 0 Å². The van der Waals surface area contributed by atoms with E-state index in [0.717, 1.165) is 25.7 Å². The second-order valence-corrected chi connectivity index (χ2v) is 18.8. The van der Waals surface area contributed by atoms with E-state index in [1.807, 2.05) is 0 Å². The van der Waals surface area contributed by atoms with Crippen LogP contribution in [0.25, 0.3) is 0 Å². The second kappa shape index (κ2) is 10.6. The zero-order valence-electron chi connectivity index (χ0n) is 24.7. The van der Waals surface area contributed by atoms with Crippen molar-refractivity contribution in [1.82, 2.24) is 5.06 Å². The van der Waals surface area contributed by atoms with Gasteiger partial charge in [-0.05, 0) is 72.9 Å². The van der Waals surface area contributed by atoms with Crippen LogP contribution in [0.3, 0.4) is 0 Å². The van der Waals surface area contributed by atoms with Gasteiger partial charge in [-0.15, -0.1) is 0 Å². The molecule has 0 aliphatic heterocycles. The average Bonchev–Trinajstić information content (AvgIpc) is 2.78. The van der Waals surface area contributed by atoms with Crippen molar-refractivity contribution in [2.24, 2.45) is 34.5 Å². The van der Waals surface area contributed by atoms with Crippen molar-refractivity contribution in [3.63, 3.8) is 0 Å². The molecule has 3 aliphatic carbocycles. The molecular weight excluding hydrogens is 474 g/mol. The third-order valence-corrected chi connectivity index (χ3v) is 15.3. The highest BCUT2D eigenvalue weighted by Gasteiger charge is 2.64. The van der Waals surface area contributed by atoms with E-state index in [1.54, 1.807) is 14.2 Å². The number of hydrogen-bond donors (Lipinski definition) is 1. The summed E-state index contributed by atoms with van der Waals surface area (Å²) in [4.78, 5) is 18.8. The average molecular weight is 528 g/mol. The van der Waals surface area contributed by atoms with Crippen molar-refractivity contribution >= 4 is 14.2 Å². The summed E-state index contributed by atoms with van der Waals surface area (Å²) >= 11 is 0. The number of nitrogens with zero attached hydrogens (tertiary/aromatic N) is 1. The summed E-state index contributed by atoms with van der Waals surface area (Å²) in [7, 11) is 2.66. The third kappa shape index (κ3) is 5.19. The van der Waals surface area contributed by atoms with Gasteiger partial charge in [0.05, 0.1) is 31.3 Å². The Kier molecular flexibility index (Phi) is 8.82. The molecule has 210 valence electrons. The molecule has 3 saturated carbocycles. The van der Waals surface area contributed by atoms with Gasteiger partial charge < -0.3 is 19.0 Å². The maximum absolute atomic E-state index is 13.5. The molecule has 3 rings (SSSR count). The van der Waals surface area contributed by atoms with E-state index in [1.165, 1.54) is 12.2 Å². The SMILES string of the molecule is COCO[C@H]1CC[C@]2(C)[C@H]3CC[C@H](C(=O)N(C)OC)[C@H](O[Si](C)(C)C(C)(C)C)[C@H]3[C@H](O)C[C@H]2C1(C)C. The Bertz CT molecular complexity index is 782. The first-order chi connectivity index (χ1) is 16.5. The summed E-state index contributed by atoms with van der Waals surface area (Å²) in [5.41, 5.74) is -0.0350. The Morgan fingerprint density at radius 2 is 1.75 bits per heavy atom. The van der Waals surface area contributed by atoms with Gasteiger partial charge in [0.1, 0.15) is 6.79 Å². The van der Waals surface area contributed by atoms with E-state index in [0.29, 0.717) is 25.0 Å². The lowest BCUT2D eigenvalue weighted by Gasteiger charge is -2.65. The van der Waals surface area contributed by atoms with Crippen LogP contribution in [0.5, 0.6) is 0 Å². The summed E-state index contributed by atoms with van der Waals surface area (Å²) in [5.74, 6) is 0.186. The first-order valence-electron chi connectivity index (χ1n) is 13.8. The largest absolute Gasteiger partial charge is 0.413 e. The van der Waals surface area contributed by atoms with Gasteiger partial charge in [-0.2, -0.15) is 0 Å². The smallest absolute Gasteiger partial charge is 0.251 e. The number of carbonyl (C=O) groups excluding carboxylic acids is 1. The number of ether oxygens (including phenoxy) is 2. The minimum absolute atomic E-state index is 0.00545. The van der Waals surface area contributed by atoms with Gasteiger partial charge in [0.15, 0.2) is 8.32 Å². The molecule has 0 aromatic carbocycles. The van der Waals surface area contributed by atoms with E-state index in [-0.39, 0.29) is 45.8 Å². The fourth-order valence-corrected chi connectivity index (χ4v) is 9.02. The number of aliphatic hydroxyl groups is 1. The summed E-state index contributed by atoms with van der Waals surface area (Å²) in [6, 6.07) is 0. The summed E-state index contributed by atoms with van der Waals surface area (Å²) in [6.07, 6.45) is 3.67. The minimum atomic E-state index is -2.21. The van der Waals surface area contributed by atoms with Crippen molar-refractivity contribution in [2.45, 2.75) is 110 Å². The van der Waals surface area contributed by atoms with Crippen molar-refractivity contribution in [3.05, 3.63) is 0 Å². The van der Waals surface area contributed by atoms with Crippen LogP contribution >= 0.6 is 0 Å². The van der Waals surface area contributed by atoms with Crippen molar-refractivity contribution < 1.29 is 28.6 Å². The van der Waals surface area contributed by atoms with Crippen LogP contribution in [-0.2, 0) is 23.5 Å². The molecule has 0 radical (unpaired) electrons. The van der Waals surface area contributed by atoms with Gasteiger partial charge in [-0.25, -0.2) is 5.06 Å². The van der Waals surface area contributed by atoms with Crippen LogP contribution in [0, 0.1) is 34.5 Å². The van der Waals surface area contributed by atoms with Gasteiger partial charge in [0.25, 0.3) is 5.91 Å². The Morgan fingerprint density at radius 3 is 2.31 bits per heavy atom. The normalized spacial score (nSPS) is 38.7. The number of rotatable bonds is 7. The standard InChI is InChI=1S/C28H53NO6Si/c1-26(2,3)36(10,11)35-24-18(25(31)29(7)33-9)12-13-19-23(24)20(30)16-21-27(4,5)22(34-17-32-8)14-15-28(19,21)6/h18-24,30H,12-17H2,1-11H3/t18-,19-,20+,21-,22-,23+,24-,28+/m0/s1. The predicted molar refractivity (Wildman–Crippen MR) is 144 cm³/mol. The van der Waals surface area contributed by atoms with Crippen LogP contribution in [-0.4, -0.2) is 70.8 Å². The summed E-state index contributed by atoms with van der Waals surface area (Å²) in [5, 5.41) is 13.2. The molecule has 0 heterocycles. The Balaban J connectivity index is 2.00. The molecule has 3 aliphatic rings. The lowest BCUT2D eigenvalue weighted by molar-refractivity contribution is -0.232. The van der Waals surface area contributed by atoms with Crippen LogP contribution in [0.15, 0.2) is 0 Å². The van der Waals surface area contributed by atoms with Crippen LogP contribution < -0.4 is 0 Å². The number of aliphatic hydroxyl groups excluding tert-OH is 1. The topological polar surface area (TPSA) is 77.5 Å². The monoisotopic (exact) mass is 527 g/mol. The van der Waals surface area contributed by atoms with E-state index in [4.69, 9.17) is 18.7 Å². The van der Waals surface area contributed by atoms with Gasteiger partial charge in [-0.1, -0.05) is 41.5 Å². The lowest BCUT2D eigenvalue weighted by Crippen LogP contribution is -2.65. The fourth-order valence-electron chi connectivity index (χ4n) is 7.66. The van der Waals surface area contributed by atoms with Gasteiger partial charge in [0.2, 0.25) is 0 Å². The van der Waals surface area contributed by atoms with E-state index < -0.39 is 14.4 Å². The maximum Gasteiger partial charge on any atom is 0.251 e. The first-order valence-corrected chi connectivity index (χ1v) is 16.7. The molecule has 0 unspecified atom stereocenters. The molecule has 0 aromatic heterocycles. The zero-order valence-corrected chi connectivity index (χ0v) is 25.7. The molecule has 8 heteroatoms. The Labute approximate surface area is 220 Å². The molecule has 8 atom stereocenters. The number of methoxy groups -OCH3 is 1. The van der Waals surface area contributed by atoms with Crippen molar-refractivity contribution in [1.29, 1.82) is 0 Å². The molecule has 1 N–H and O–H groups in total. The Hall–Kier alpha value is -0.513. The van der Waals surface area contributed by atoms with Gasteiger partial charge >= 0.3 is 0 Å². The number of hydroxylamine groups is 2. The van der Waals surface area contributed by atoms with Crippen molar-refractivity contribution in [3.8, 4) is 0 Å². The van der Waals surface area contributed by atoms with E-state index in [9.17, 15) is 9.90 Å². The molecule has 1 amide bonds. The number of amides is 1.